The number of carboxylic acids is 1. The van der Waals surface area contributed by atoms with Gasteiger partial charge in [0.1, 0.15) is 12.1 Å². The van der Waals surface area contributed by atoms with Crippen molar-refractivity contribution in [1.82, 2.24) is 20.5 Å². The second-order valence-electron chi connectivity index (χ2n) is 8.84. The van der Waals surface area contributed by atoms with Gasteiger partial charge in [0.25, 0.3) is 0 Å². The maximum Gasteiger partial charge on any atom is 0.339 e. The van der Waals surface area contributed by atoms with Crippen molar-refractivity contribution in [3.8, 4) is 0 Å². The van der Waals surface area contributed by atoms with Crippen molar-refractivity contribution in [2.45, 2.75) is 37.5 Å². The van der Waals surface area contributed by atoms with E-state index in [1.807, 2.05) is 24.3 Å². The number of fused-ring (bicyclic) bond motifs is 1. The molecule has 2 heterocycles. The number of nitrogens with one attached hydrogen (secondary N) is 2. The number of carbonyl (C=O) groups excluding carboxylic acids is 2. The van der Waals surface area contributed by atoms with E-state index in [-0.39, 0.29) is 25.4 Å². The molecule has 1 aliphatic heterocycles. The molecule has 0 aliphatic carbocycles. The predicted octanol–water partition coefficient (Wildman–Crippen LogP) is 2.36. The number of hydrogen-bond donors (Lipinski definition) is 4. The molecular formula is C26H28ClN5O4. The van der Waals surface area contributed by atoms with E-state index < -0.39 is 17.7 Å². The normalized spacial score (nSPS) is 17.5. The first-order chi connectivity index (χ1) is 17.3. The van der Waals surface area contributed by atoms with Crippen LogP contribution in [0.3, 0.4) is 0 Å². The zero-order valence-electron chi connectivity index (χ0n) is 19.6. The highest BCUT2D eigenvalue weighted by molar-refractivity contribution is 6.30. The fourth-order valence-corrected chi connectivity index (χ4v) is 4.94. The lowest BCUT2D eigenvalue weighted by Crippen LogP contribution is -2.68. The number of aldehydes is 1. The number of pyridine rings is 1. The van der Waals surface area contributed by atoms with Crippen LogP contribution >= 0.6 is 11.6 Å². The van der Waals surface area contributed by atoms with Crippen LogP contribution in [0.5, 0.6) is 0 Å². The van der Waals surface area contributed by atoms with E-state index in [4.69, 9.17) is 17.3 Å². The lowest BCUT2D eigenvalue weighted by molar-refractivity contribution is -0.157. The molecule has 2 aromatic carbocycles. The number of nitrogens with zero attached hydrogens (tertiary/aromatic N) is 2. The SMILES string of the molecule is Nc1nccc2cc(CNC(=O)[C@@H]3CCCN3C(Cc3ccc(Cl)cc3)(NCC=O)C(=O)O)ccc12. The minimum absolute atomic E-state index is 0.0528. The van der Waals surface area contributed by atoms with Crippen LogP contribution in [-0.4, -0.2) is 57.9 Å². The van der Waals surface area contributed by atoms with Crippen molar-refractivity contribution in [3.63, 3.8) is 0 Å². The molecule has 4 rings (SSSR count). The number of aromatic nitrogens is 1. The molecule has 1 aromatic heterocycles. The van der Waals surface area contributed by atoms with Gasteiger partial charge in [-0.2, -0.15) is 0 Å². The van der Waals surface area contributed by atoms with Crippen LogP contribution < -0.4 is 16.4 Å². The minimum atomic E-state index is -1.64. The van der Waals surface area contributed by atoms with Gasteiger partial charge in [-0.25, -0.2) is 9.78 Å². The number of rotatable bonds is 10. The summed E-state index contributed by atoms with van der Waals surface area (Å²) in [5, 5.41) is 18.5. The molecule has 188 valence electrons. The summed E-state index contributed by atoms with van der Waals surface area (Å²) in [6.07, 6.45) is 3.46. The van der Waals surface area contributed by atoms with E-state index in [0.717, 1.165) is 21.9 Å². The molecule has 5 N–H and O–H groups in total. The monoisotopic (exact) mass is 509 g/mol. The topological polar surface area (TPSA) is 138 Å². The lowest BCUT2D eigenvalue weighted by atomic mass is 9.96. The maximum atomic E-state index is 13.3. The molecule has 0 bridgehead atoms. The summed E-state index contributed by atoms with van der Waals surface area (Å²) in [6.45, 7) is 0.506. The molecule has 3 aromatic rings. The zero-order chi connectivity index (χ0) is 25.7. The Morgan fingerprint density at radius 1 is 1.19 bits per heavy atom. The third-order valence-corrected chi connectivity index (χ3v) is 6.83. The third kappa shape index (κ3) is 5.33. The fourth-order valence-electron chi connectivity index (χ4n) is 4.81. The molecule has 9 nitrogen and oxygen atoms in total. The van der Waals surface area contributed by atoms with E-state index >= 15 is 0 Å². The van der Waals surface area contributed by atoms with Crippen LogP contribution in [0.25, 0.3) is 10.8 Å². The number of carbonyl (C=O) groups is 3. The summed E-state index contributed by atoms with van der Waals surface area (Å²) >= 11 is 6.00. The van der Waals surface area contributed by atoms with Gasteiger partial charge in [-0.3, -0.25) is 15.0 Å². The first-order valence-corrected chi connectivity index (χ1v) is 12.1. The van der Waals surface area contributed by atoms with Crippen molar-refractivity contribution in [1.29, 1.82) is 0 Å². The fraction of sp³-hybridized carbons (Fsp3) is 0.308. The average molecular weight is 510 g/mol. The molecule has 0 spiro atoms. The van der Waals surface area contributed by atoms with Gasteiger partial charge >= 0.3 is 5.97 Å². The van der Waals surface area contributed by atoms with Gasteiger partial charge in [0, 0.05) is 36.1 Å². The van der Waals surface area contributed by atoms with Crippen LogP contribution in [0.15, 0.2) is 54.7 Å². The number of amides is 1. The second kappa shape index (κ2) is 11.0. The van der Waals surface area contributed by atoms with Crippen LogP contribution in [-0.2, 0) is 27.3 Å². The molecule has 1 saturated heterocycles. The van der Waals surface area contributed by atoms with Gasteiger partial charge in [-0.15, -0.1) is 0 Å². The summed E-state index contributed by atoms with van der Waals surface area (Å²) < 4.78 is 0. The van der Waals surface area contributed by atoms with Crippen molar-refractivity contribution >= 4 is 46.4 Å². The molecule has 36 heavy (non-hydrogen) atoms. The minimum Gasteiger partial charge on any atom is -0.479 e. The maximum absolute atomic E-state index is 13.3. The quantitative estimate of drug-likeness (QED) is 0.306. The number of likely N-dealkylation sites (tertiary alicyclic amines) is 1. The summed E-state index contributed by atoms with van der Waals surface area (Å²) in [6, 6.07) is 13.7. The third-order valence-electron chi connectivity index (χ3n) is 6.58. The number of anilines is 1. The number of hydrogen-bond acceptors (Lipinski definition) is 7. The number of carboxylic acid groups (broad SMARTS) is 1. The van der Waals surface area contributed by atoms with Gasteiger partial charge in [0.2, 0.25) is 5.91 Å². The van der Waals surface area contributed by atoms with Gasteiger partial charge in [-0.05, 0) is 53.6 Å². The first-order valence-electron chi connectivity index (χ1n) is 11.7. The van der Waals surface area contributed by atoms with E-state index in [0.29, 0.717) is 36.5 Å². The molecular weight excluding hydrogens is 482 g/mol. The molecule has 2 atom stereocenters. The highest BCUT2D eigenvalue weighted by Crippen LogP contribution is 2.30. The molecule has 1 fully saturated rings. The van der Waals surface area contributed by atoms with Gasteiger partial charge in [0.05, 0.1) is 12.6 Å². The Kier molecular flexibility index (Phi) is 7.83. The van der Waals surface area contributed by atoms with Crippen molar-refractivity contribution in [2.75, 3.05) is 18.8 Å². The summed E-state index contributed by atoms with van der Waals surface area (Å²) in [7, 11) is 0. The highest BCUT2D eigenvalue weighted by Gasteiger charge is 2.50. The van der Waals surface area contributed by atoms with E-state index in [9.17, 15) is 19.5 Å². The summed E-state index contributed by atoms with van der Waals surface area (Å²) in [5.41, 5.74) is 5.89. The number of nitrogen functional groups attached to an aromatic ring is 1. The molecule has 0 radical (unpaired) electrons. The molecule has 1 unspecified atom stereocenters. The van der Waals surface area contributed by atoms with E-state index in [1.54, 1.807) is 35.4 Å². The average Bonchev–Trinajstić information content (AvgIpc) is 3.37. The Hall–Kier alpha value is -3.53. The van der Waals surface area contributed by atoms with Crippen LogP contribution in [0.2, 0.25) is 5.02 Å². The van der Waals surface area contributed by atoms with Crippen molar-refractivity contribution < 1.29 is 19.5 Å². The van der Waals surface area contributed by atoms with Crippen molar-refractivity contribution in [2.24, 2.45) is 0 Å². The Morgan fingerprint density at radius 2 is 1.94 bits per heavy atom. The smallest absolute Gasteiger partial charge is 0.339 e. The Labute approximate surface area is 213 Å². The Balaban J connectivity index is 1.55. The Bertz CT molecular complexity index is 1270. The zero-order valence-corrected chi connectivity index (χ0v) is 20.4. The molecule has 1 amide bonds. The molecule has 0 saturated carbocycles. The number of nitrogens with two attached hydrogens (primary N) is 1. The van der Waals surface area contributed by atoms with Gasteiger partial charge < -0.3 is 21.0 Å². The lowest BCUT2D eigenvalue weighted by Gasteiger charge is -2.41. The number of benzene rings is 2. The number of aliphatic carboxylic acids is 1. The van der Waals surface area contributed by atoms with E-state index in [2.05, 4.69) is 15.6 Å². The highest BCUT2D eigenvalue weighted by atomic mass is 35.5. The predicted molar refractivity (Wildman–Crippen MR) is 137 cm³/mol. The largest absolute Gasteiger partial charge is 0.479 e. The second-order valence-corrected chi connectivity index (χ2v) is 9.27. The van der Waals surface area contributed by atoms with Crippen LogP contribution in [0.4, 0.5) is 5.82 Å². The van der Waals surface area contributed by atoms with Gasteiger partial charge in [0.15, 0.2) is 5.66 Å². The van der Waals surface area contributed by atoms with E-state index in [1.165, 1.54) is 0 Å². The molecule has 10 heteroatoms. The summed E-state index contributed by atoms with van der Waals surface area (Å²) in [5.74, 6) is -0.977. The number of halogens is 1. The standard InChI is InChI=1S/C26H28ClN5O4/c27-20-6-3-17(4-7-20)15-26(25(35)36,31-11-13-33)32-12-1-2-22(32)24(34)30-16-18-5-8-21-19(14-18)9-10-29-23(21)28/h3-10,13-14,22,31H,1-2,11-12,15-16H2,(H2,28,29)(H,30,34)(H,35,36)/t22-,26?/m0/s1. The van der Waals surface area contributed by atoms with Gasteiger partial charge in [-0.1, -0.05) is 35.9 Å². The first kappa shape index (κ1) is 25.6. The van der Waals surface area contributed by atoms with Crippen molar-refractivity contribution in [3.05, 3.63) is 70.9 Å². The Morgan fingerprint density at radius 3 is 2.67 bits per heavy atom. The van der Waals surface area contributed by atoms with Crippen LogP contribution in [0.1, 0.15) is 24.0 Å². The molecule has 1 aliphatic rings. The van der Waals surface area contributed by atoms with Crippen LogP contribution in [0, 0.1) is 0 Å². The summed E-state index contributed by atoms with van der Waals surface area (Å²) in [4.78, 5) is 42.9.